The number of benzene rings is 2. The minimum absolute atomic E-state index is 0.334. The zero-order valence-electron chi connectivity index (χ0n) is 18.6. The van der Waals surface area contributed by atoms with Crippen LogP contribution < -0.4 is 0 Å². The van der Waals surface area contributed by atoms with Crippen molar-refractivity contribution in [3.05, 3.63) is 71.8 Å². The number of rotatable bonds is 11. The smallest absolute Gasteiger partial charge is 0.338 e. The molecule has 0 saturated carbocycles. The van der Waals surface area contributed by atoms with E-state index in [9.17, 15) is 9.59 Å². The molecule has 162 valence electrons. The Bertz CT molecular complexity index is 802. The van der Waals surface area contributed by atoms with Crippen LogP contribution in [0.5, 0.6) is 0 Å². The highest BCUT2D eigenvalue weighted by atomic mass is 16.6. The number of ether oxygens (including phenoxy) is 2. The van der Waals surface area contributed by atoms with Gasteiger partial charge in [-0.1, -0.05) is 70.0 Å². The molecule has 0 aliphatic carbocycles. The molecule has 0 saturated heterocycles. The molecule has 2 aromatic carbocycles. The third-order valence-corrected chi connectivity index (χ3v) is 5.49. The van der Waals surface area contributed by atoms with Gasteiger partial charge in [-0.2, -0.15) is 0 Å². The molecule has 0 spiro atoms. The van der Waals surface area contributed by atoms with E-state index in [1.165, 1.54) is 0 Å². The summed E-state index contributed by atoms with van der Waals surface area (Å²) in [7, 11) is 0. The van der Waals surface area contributed by atoms with Crippen molar-refractivity contribution in [3.63, 3.8) is 0 Å². The molecule has 2 aromatic rings. The molecule has 0 heterocycles. The maximum absolute atomic E-state index is 12.9. The number of carbonyl (C=O) groups is 2. The molecule has 0 amide bonds. The maximum atomic E-state index is 12.9. The minimum atomic E-state index is -0.732. The predicted octanol–water partition coefficient (Wildman–Crippen LogP) is 6.60. The summed E-state index contributed by atoms with van der Waals surface area (Å²) in [5.74, 6) is -0.679. The van der Waals surface area contributed by atoms with Crippen LogP contribution in [0.25, 0.3) is 0 Å². The van der Waals surface area contributed by atoms with Crippen molar-refractivity contribution < 1.29 is 19.1 Å². The Morgan fingerprint density at radius 3 is 1.63 bits per heavy atom. The Labute approximate surface area is 180 Å². The predicted molar refractivity (Wildman–Crippen MR) is 120 cm³/mol. The minimum Gasteiger partial charge on any atom is -0.456 e. The standard InChI is InChI=1S/C26H34O4/c1-5-18-25(4,29-23(27)21-14-10-8-11-15-21)20-26(7-3,19-6-2)30-24(28)22-16-12-9-13-17-22/h8-17H,5-7,18-20H2,1-4H3. The van der Waals surface area contributed by atoms with Gasteiger partial charge in [0.05, 0.1) is 11.1 Å². The first kappa shape index (κ1) is 23.7. The Morgan fingerprint density at radius 2 is 1.20 bits per heavy atom. The van der Waals surface area contributed by atoms with Crippen molar-refractivity contribution in [3.8, 4) is 0 Å². The molecule has 30 heavy (non-hydrogen) atoms. The van der Waals surface area contributed by atoms with E-state index in [2.05, 4.69) is 13.8 Å². The van der Waals surface area contributed by atoms with Crippen molar-refractivity contribution in [1.29, 1.82) is 0 Å². The second-order valence-corrected chi connectivity index (χ2v) is 8.17. The third-order valence-electron chi connectivity index (χ3n) is 5.49. The monoisotopic (exact) mass is 410 g/mol. The van der Waals surface area contributed by atoms with Crippen molar-refractivity contribution in [2.75, 3.05) is 0 Å². The summed E-state index contributed by atoms with van der Waals surface area (Å²) < 4.78 is 12.1. The van der Waals surface area contributed by atoms with Gasteiger partial charge in [0, 0.05) is 6.42 Å². The number of hydrogen-bond donors (Lipinski definition) is 0. The molecular weight excluding hydrogens is 376 g/mol. The zero-order valence-corrected chi connectivity index (χ0v) is 18.6. The van der Waals surface area contributed by atoms with Gasteiger partial charge in [-0.25, -0.2) is 9.59 Å². The van der Waals surface area contributed by atoms with E-state index < -0.39 is 11.2 Å². The largest absolute Gasteiger partial charge is 0.456 e. The normalized spacial score (nSPS) is 14.9. The highest BCUT2D eigenvalue weighted by molar-refractivity contribution is 5.90. The lowest BCUT2D eigenvalue weighted by molar-refractivity contribution is -0.0878. The first-order valence-electron chi connectivity index (χ1n) is 10.9. The fourth-order valence-corrected chi connectivity index (χ4v) is 4.08. The molecule has 0 bridgehead atoms. The first-order chi connectivity index (χ1) is 14.4. The van der Waals surface area contributed by atoms with Crippen LogP contribution in [0.3, 0.4) is 0 Å². The van der Waals surface area contributed by atoms with E-state index in [0.29, 0.717) is 36.8 Å². The van der Waals surface area contributed by atoms with Gasteiger partial charge in [0.25, 0.3) is 0 Å². The number of carbonyl (C=O) groups excluding carboxylic acids is 2. The van der Waals surface area contributed by atoms with Crippen LogP contribution in [0.15, 0.2) is 60.7 Å². The van der Waals surface area contributed by atoms with Crippen molar-refractivity contribution in [1.82, 2.24) is 0 Å². The summed E-state index contributed by atoms with van der Waals surface area (Å²) in [5.41, 5.74) is -0.365. The van der Waals surface area contributed by atoms with E-state index in [0.717, 1.165) is 12.8 Å². The molecule has 0 aliphatic rings. The third kappa shape index (κ3) is 6.45. The first-order valence-corrected chi connectivity index (χ1v) is 10.9. The van der Waals surface area contributed by atoms with Crippen LogP contribution in [0.4, 0.5) is 0 Å². The van der Waals surface area contributed by atoms with Crippen molar-refractivity contribution in [2.24, 2.45) is 0 Å². The van der Waals surface area contributed by atoms with Crippen LogP contribution in [-0.2, 0) is 9.47 Å². The van der Waals surface area contributed by atoms with Gasteiger partial charge in [-0.3, -0.25) is 0 Å². The molecule has 0 aliphatic heterocycles. The molecule has 2 unspecified atom stereocenters. The van der Waals surface area contributed by atoms with Crippen LogP contribution in [-0.4, -0.2) is 23.1 Å². The van der Waals surface area contributed by atoms with E-state index in [4.69, 9.17) is 9.47 Å². The van der Waals surface area contributed by atoms with Gasteiger partial charge in [0.1, 0.15) is 11.2 Å². The Morgan fingerprint density at radius 1 is 0.733 bits per heavy atom. The topological polar surface area (TPSA) is 52.6 Å². The quantitative estimate of drug-likeness (QED) is 0.392. The van der Waals surface area contributed by atoms with E-state index in [1.807, 2.05) is 50.2 Å². The average molecular weight is 411 g/mol. The SMILES string of the molecule is CCCC(C)(CC(CC)(CCC)OC(=O)c1ccccc1)OC(=O)c1ccccc1. The Balaban J connectivity index is 2.26. The van der Waals surface area contributed by atoms with Gasteiger partial charge in [0.2, 0.25) is 0 Å². The van der Waals surface area contributed by atoms with E-state index in [1.54, 1.807) is 24.3 Å². The molecule has 0 aromatic heterocycles. The molecule has 2 rings (SSSR count). The zero-order chi connectivity index (χ0) is 22.0. The lowest BCUT2D eigenvalue weighted by atomic mass is 9.80. The molecule has 0 fully saturated rings. The Kier molecular flexibility index (Phi) is 8.64. The summed E-state index contributed by atoms with van der Waals surface area (Å²) in [6.45, 7) is 8.12. The van der Waals surface area contributed by atoms with Crippen LogP contribution >= 0.6 is 0 Å². The number of esters is 2. The lowest BCUT2D eigenvalue weighted by Gasteiger charge is -2.40. The van der Waals surface area contributed by atoms with Gasteiger partial charge >= 0.3 is 11.9 Å². The fraction of sp³-hybridized carbons (Fsp3) is 0.462. The molecule has 2 atom stereocenters. The molecule has 4 heteroatoms. The van der Waals surface area contributed by atoms with Gasteiger partial charge in [-0.05, 0) is 50.5 Å². The Hall–Kier alpha value is -2.62. The summed E-state index contributed by atoms with van der Waals surface area (Å²) in [6.07, 6.45) is 4.25. The maximum Gasteiger partial charge on any atom is 0.338 e. The van der Waals surface area contributed by atoms with E-state index in [-0.39, 0.29) is 11.9 Å². The van der Waals surface area contributed by atoms with Crippen LogP contribution in [0, 0.1) is 0 Å². The van der Waals surface area contributed by atoms with Gasteiger partial charge < -0.3 is 9.47 Å². The highest BCUT2D eigenvalue weighted by Gasteiger charge is 2.42. The average Bonchev–Trinajstić information content (AvgIpc) is 2.75. The van der Waals surface area contributed by atoms with Gasteiger partial charge in [0.15, 0.2) is 0 Å². The van der Waals surface area contributed by atoms with E-state index >= 15 is 0 Å². The second kappa shape index (κ2) is 11.0. The fourth-order valence-electron chi connectivity index (χ4n) is 4.08. The summed E-state index contributed by atoms with van der Waals surface area (Å²) in [4.78, 5) is 25.6. The highest BCUT2D eigenvalue weighted by Crippen LogP contribution is 2.37. The van der Waals surface area contributed by atoms with Crippen molar-refractivity contribution >= 4 is 11.9 Å². The van der Waals surface area contributed by atoms with Crippen LogP contribution in [0.1, 0.15) is 86.9 Å². The molecule has 4 nitrogen and oxygen atoms in total. The van der Waals surface area contributed by atoms with Gasteiger partial charge in [-0.15, -0.1) is 0 Å². The van der Waals surface area contributed by atoms with Crippen LogP contribution in [0.2, 0.25) is 0 Å². The summed E-state index contributed by atoms with van der Waals surface area (Å²) in [6, 6.07) is 18.1. The molecule has 0 N–H and O–H groups in total. The summed E-state index contributed by atoms with van der Waals surface area (Å²) in [5, 5.41) is 0. The summed E-state index contributed by atoms with van der Waals surface area (Å²) >= 11 is 0. The number of hydrogen-bond acceptors (Lipinski definition) is 4. The van der Waals surface area contributed by atoms with Crippen molar-refractivity contribution in [2.45, 2.75) is 77.4 Å². The molecular formula is C26H34O4. The second-order valence-electron chi connectivity index (χ2n) is 8.17. The lowest BCUT2D eigenvalue weighted by Crippen LogP contribution is -2.45. The molecule has 0 radical (unpaired) electrons.